The number of rotatable bonds is 0. The predicted molar refractivity (Wildman–Crippen MR) is 440 cm³/mol. The first-order chi connectivity index (χ1) is 29.9. The van der Waals surface area contributed by atoms with Gasteiger partial charge < -0.3 is 0 Å². The molecule has 0 saturated carbocycles. The summed E-state index contributed by atoms with van der Waals surface area (Å²) in [5.41, 5.74) is 0. The summed E-state index contributed by atoms with van der Waals surface area (Å²) in [6, 6.07) is 0. The monoisotopic (exact) mass is 1900 g/mol. The molecule has 0 unspecified atom stereocenters. The molecule has 0 heterocycles. The van der Waals surface area contributed by atoms with Crippen LogP contribution in [-0.2, 0) is 527 Å². The second kappa shape index (κ2) is 72.0. The Kier molecular flexibility index (Phi) is 87.7. The smallest absolute Gasteiger partial charge is 0 e. The Balaban J connectivity index is 6.11. The van der Waals surface area contributed by atoms with E-state index in [2.05, 4.69) is 0 Å². The summed E-state index contributed by atoms with van der Waals surface area (Å²) in [6.45, 7) is 5.36. The van der Waals surface area contributed by atoms with Crippen molar-refractivity contribution in [2.75, 3.05) is 0 Å². The Morgan fingerprint density at radius 2 is 0.217 bits per heavy atom. The van der Waals surface area contributed by atoms with Gasteiger partial charge in [0.25, 0.3) is 0 Å². The summed E-state index contributed by atoms with van der Waals surface area (Å²) in [6.07, 6.45) is 0. The normalized spacial score (nSPS) is 7.78. The standard InChI is InChI=1S/BS59/c1-3-5-7-9-11-13-15-17-19-21-23-25-27-29-31-33-35-37-39-41-43-45-47-49-51-53-55-57-59-60-58-56-54-52-50-48-46-44-42-40-38-36-34-32-30-28-26-24-22-20-18-16-14-12-10-8-6-4-2. The molecule has 0 atom stereocenters. The van der Waals surface area contributed by atoms with Crippen LogP contribution in [0.2, 0.25) is 0 Å². The van der Waals surface area contributed by atoms with Crippen molar-refractivity contribution in [3.8, 4) is 0 Å². The van der Waals surface area contributed by atoms with Crippen molar-refractivity contribution in [1.82, 2.24) is 0 Å². The van der Waals surface area contributed by atoms with Crippen LogP contribution in [0.15, 0.2) is 0 Å². The van der Waals surface area contributed by atoms with Crippen molar-refractivity contribution >= 4 is 534 Å². The minimum absolute atomic E-state index is 1.29. The molecule has 60 heteroatoms. The van der Waals surface area contributed by atoms with Gasteiger partial charge in [0.05, 0.1) is 0 Å². The summed E-state index contributed by atoms with van der Waals surface area (Å²) >= 11 is 4.82. The summed E-state index contributed by atoms with van der Waals surface area (Å²) in [5, 5.41) is 0. The maximum atomic E-state index is 5.36. The third-order valence-corrected chi connectivity index (χ3v) is 127. The SMILES string of the molecule is [B]=S=S=S=S=S=S=S=S=S=S=S=S=S=S=S=S=S=S=S=S=S=S=S=S=S=S=S=S=S=S=S=S=S=S=S=S=S=S=S=S=S=S=S=S=S=S=S=S=S=S=S=S=S=S=S=S=S=S=S. The molecule has 357 valence electrons. The van der Waals surface area contributed by atoms with Crippen LogP contribution in [0.4, 0.5) is 0 Å². The first-order valence-electron chi connectivity index (χ1n) is 9.90. The molecule has 60 heavy (non-hydrogen) atoms. The fraction of sp³-hybridized carbons (Fsp3) is 0. The summed E-state index contributed by atoms with van der Waals surface area (Å²) in [5.74, 6) is 0. The molecule has 1 radical (unpaired) electrons. The van der Waals surface area contributed by atoms with Gasteiger partial charge in [0, 0.05) is 420 Å². The molecule has 0 aromatic heterocycles. The fourth-order valence-electron chi connectivity index (χ4n) is 0.640. The Labute approximate surface area is 517 Å². The van der Waals surface area contributed by atoms with Crippen LogP contribution >= 0.6 is 0 Å². The zero-order valence-corrected chi connectivity index (χ0v) is 72.8. The van der Waals surface area contributed by atoms with E-state index in [0.29, 0.717) is 0 Å². The zero-order chi connectivity index (χ0) is 43.0. The van der Waals surface area contributed by atoms with Gasteiger partial charge in [-0.3, -0.25) is 0 Å². The summed E-state index contributed by atoms with van der Waals surface area (Å²) in [4.78, 5) is 0. The molecule has 0 N–H and O–H groups in total. The van der Waals surface area contributed by atoms with Gasteiger partial charge in [-0.1, -0.05) is 0 Å². The predicted octanol–water partition coefficient (Wildman–Crippen LogP) is -0.522. The van der Waals surface area contributed by atoms with Gasteiger partial charge in [-0.2, -0.15) is 0 Å². The second-order valence-electron chi connectivity index (χ2n) is 3.97. The van der Waals surface area contributed by atoms with Gasteiger partial charge in [0.2, 0.25) is 0 Å². The maximum absolute atomic E-state index is 5.36. The third-order valence-electron chi connectivity index (χ3n) is 1.59. The van der Waals surface area contributed by atoms with E-state index in [1.807, 2.05) is 382 Å². The van der Waals surface area contributed by atoms with Crippen molar-refractivity contribution in [1.29, 1.82) is 0 Å². The van der Waals surface area contributed by atoms with Crippen LogP contribution in [-0.4, -0.2) is 6.72 Å². The van der Waals surface area contributed by atoms with Crippen molar-refractivity contribution in [3.63, 3.8) is 0 Å². The molecule has 0 spiro atoms. The molecule has 0 amide bonds. The van der Waals surface area contributed by atoms with E-state index in [-0.39, 0.29) is 0 Å². The van der Waals surface area contributed by atoms with Gasteiger partial charge in [-0.25, -0.2) is 0 Å². The molecular formula is BS59. The van der Waals surface area contributed by atoms with E-state index in [0.717, 1.165) is 0 Å². The van der Waals surface area contributed by atoms with Crippen molar-refractivity contribution < 1.29 is 0 Å². The van der Waals surface area contributed by atoms with Gasteiger partial charge >= 0.3 is 114 Å². The van der Waals surface area contributed by atoms with E-state index < -0.39 is 0 Å². The van der Waals surface area contributed by atoms with Crippen LogP contribution in [0.5, 0.6) is 0 Å². The van der Waals surface area contributed by atoms with Crippen molar-refractivity contribution in [3.05, 3.63) is 0 Å². The van der Waals surface area contributed by atoms with E-state index >= 15 is 0 Å². The Hall–Kier alpha value is 13.0. The number of hydrogen-bond donors (Lipinski definition) is 0. The third kappa shape index (κ3) is 71.0. The first kappa shape index (κ1) is 73.0. The molecule has 0 aliphatic heterocycles. The molecule has 0 nitrogen and oxygen atoms in total. The minimum Gasteiger partial charge on any atom is 0 e. The second-order valence-corrected chi connectivity index (χ2v) is 106. The van der Waals surface area contributed by atoms with E-state index in [9.17, 15) is 0 Å². The van der Waals surface area contributed by atoms with Crippen LogP contribution in [0.1, 0.15) is 0 Å². The molecule has 0 aromatic rings. The molecule has 0 saturated heterocycles. The topological polar surface area (TPSA) is 0 Å². The Morgan fingerprint density at radius 1 is 0.133 bits per heavy atom. The average Bonchev–Trinajstić information content (AvgIpc) is 3.26. The molecule has 0 rings (SSSR count). The van der Waals surface area contributed by atoms with Crippen LogP contribution in [0.3, 0.4) is 0 Å². The van der Waals surface area contributed by atoms with Gasteiger partial charge in [0.1, 0.15) is 0 Å². The summed E-state index contributed by atoms with van der Waals surface area (Å²) in [7, 11) is 104. The summed E-state index contributed by atoms with van der Waals surface area (Å²) < 4.78 is 0. The molecular weight excluding hydrogens is 1900 g/mol. The Morgan fingerprint density at radius 3 is 0.300 bits per heavy atom. The van der Waals surface area contributed by atoms with Crippen molar-refractivity contribution in [2.45, 2.75) is 0 Å². The minimum atomic E-state index is 1.29. The molecule has 0 aromatic carbocycles. The van der Waals surface area contributed by atoms with Crippen LogP contribution in [0, 0.1) is 0 Å². The van der Waals surface area contributed by atoms with Crippen molar-refractivity contribution in [2.24, 2.45) is 0 Å². The fourth-order valence-corrected chi connectivity index (χ4v) is 153. The molecule has 0 aliphatic rings. The Bertz CT molecular complexity index is 4020. The van der Waals surface area contributed by atoms with Crippen LogP contribution < -0.4 is 0 Å². The first-order valence-corrected chi connectivity index (χ1v) is 87.7. The molecule has 0 aliphatic carbocycles. The van der Waals surface area contributed by atoms with E-state index in [1.165, 1.54) is 18.6 Å². The van der Waals surface area contributed by atoms with Crippen LogP contribution in [0.25, 0.3) is 0 Å². The average molecular weight is 1900 g/mol. The zero-order valence-electron chi connectivity index (χ0n) is 24.7. The molecule has 0 bridgehead atoms. The van der Waals surface area contributed by atoms with E-state index in [4.69, 9.17) is 17.9 Å². The number of hydrogen-bond acceptors (Lipinski definition) is 1. The van der Waals surface area contributed by atoms with Gasteiger partial charge in [-0.05, 0) is 0 Å². The quantitative estimate of drug-likeness (QED) is 0.295. The van der Waals surface area contributed by atoms with Gasteiger partial charge in [-0.15, -0.1) is 0 Å². The molecule has 0 fully saturated rings. The van der Waals surface area contributed by atoms with Gasteiger partial charge in [0.15, 0.2) is 0 Å². The van der Waals surface area contributed by atoms with E-state index in [1.54, 1.807) is 115 Å².